The van der Waals surface area contributed by atoms with E-state index in [0.717, 1.165) is 35.5 Å². The molecule has 0 heterocycles. The summed E-state index contributed by atoms with van der Waals surface area (Å²) in [5, 5.41) is 0. The van der Waals surface area contributed by atoms with Crippen molar-refractivity contribution in [3.8, 4) is 23.3 Å². The van der Waals surface area contributed by atoms with Crippen molar-refractivity contribution >= 4 is 12.0 Å². The summed E-state index contributed by atoms with van der Waals surface area (Å²) in [5.41, 5.74) is 2.08. The Morgan fingerprint density at radius 2 is 1.73 bits per heavy atom. The molecule has 1 aliphatic carbocycles. The quantitative estimate of drug-likeness (QED) is 0.456. The third-order valence-corrected chi connectivity index (χ3v) is 5.35. The SMILES string of the molecule is CC#CCOc1ccc(CN(C(=O)/C=C/c2ccc(OC)cc2)C2CCCC2)cc1. The van der Waals surface area contributed by atoms with Crippen LogP contribution in [0.5, 0.6) is 11.5 Å². The van der Waals surface area contributed by atoms with Crippen LogP contribution < -0.4 is 9.47 Å². The van der Waals surface area contributed by atoms with Gasteiger partial charge in [-0.2, -0.15) is 0 Å². The number of carbonyl (C=O) groups is 1. The zero-order valence-corrected chi connectivity index (χ0v) is 17.8. The van der Waals surface area contributed by atoms with Crippen molar-refractivity contribution in [3.05, 3.63) is 65.7 Å². The van der Waals surface area contributed by atoms with Crippen molar-refractivity contribution in [1.29, 1.82) is 0 Å². The fraction of sp³-hybridized carbons (Fsp3) is 0.346. The molecule has 0 N–H and O–H groups in total. The summed E-state index contributed by atoms with van der Waals surface area (Å²) in [7, 11) is 1.64. The molecule has 4 heteroatoms. The predicted octanol–water partition coefficient (Wildman–Crippen LogP) is 5.08. The van der Waals surface area contributed by atoms with Crippen molar-refractivity contribution < 1.29 is 14.3 Å². The van der Waals surface area contributed by atoms with Crippen LogP contribution in [0.4, 0.5) is 0 Å². The van der Waals surface area contributed by atoms with Crippen LogP contribution in [-0.4, -0.2) is 30.6 Å². The normalized spacial score (nSPS) is 13.7. The first-order chi connectivity index (χ1) is 14.7. The van der Waals surface area contributed by atoms with Crippen LogP contribution in [0.3, 0.4) is 0 Å². The van der Waals surface area contributed by atoms with E-state index in [2.05, 4.69) is 11.8 Å². The van der Waals surface area contributed by atoms with E-state index in [1.54, 1.807) is 20.1 Å². The fourth-order valence-electron chi connectivity index (χ4n) is 3.66. The van der Waals surface area contributed by atoms with E-state index in [9.17, 15) is 4.79 Å². The van der Waals surface area contributed by atoms with E-state index in [4.69, 9.17) is 9.47 Å². The first-order valence-electron chi connectivity index (χ1n) is 10.4. The van der Waals surface area contributed by atoms with Gasteiger partial charge in [-0.05, 0) is 61.2 Å². The second-order valence-electron chi connectivity index (χ2n) is 7.37. The Labute approximate surface area is 179 Å². The Bertz CT molecular complexity index is 898. The first-order valence-corrected chi connectivity index (χ1v) is 10.4. The zero-order valence-electron chi connectivity index (χ0n) is 17.8. The molecular weight excluding hydrogens is 374 g/mol. The van der Waals surface area contributed by atoms with E-state index in [0.29, 0.717) is 19.2 Å². The van der Waals surface area contributed by atoms with Gasteiger partial charge in [-0.3, -0.25) is 4.79 Å². The first kappa shape index (κ1) is 21.5. The summed E-state index contributed by atoms with van der Waals surface area (Å²) in [6.45, 7) is 2.79. The number of amides is 1. The predicted molar refractivity (Wildman–Crippen MR) is 120 cm³/mol. The largest absolute Gasteiger partial charge is 0.497 e. The van der Waals surface area contributed by atoms with Gasteiger partial charge in [0.15, 0.2) is 0 Å². The summed E-state index contributed by atoms with van der Waals surface area (Å²) in [6, 6.07) is 15.9. The van der Waals surface area contributed by atoms with E-state index >= 15 is 0 Å². The average molecular weight is 404 g/mol. The molecule has 0 bridgehead atoms. The molecule has 0 unspecified atom stereocenters. The molecule has 2 aromatic carbocycles. The van der Waals surface area contributed by atoms with Crippen LogP contribution in [-0.2, 0) is 11.3 Å². The molecule has 0 spiro atoms. The molecular formula is C26H29NO3. The lowest BCUT2D eigenvalue weighted by Gasteiger charge is -2.28. The van der Waals surface area contributed by atoms with Gasteiger partial charge in [-0.1, -0.05) is 43.0 Å². The lowest BCUT2D eigenvalue weighted by molar-refractivity contribution is -0.128. The second-order valence-corrected chi connectivity index (χ2v) is 7.37. The highest BCUT2D eigenvalue weighted by atomic mass is 16.5. The molecule has 0 aliphatic heterocycles. The van der Waals surface area contributed by atoms with Gasteiger partial charge in [0, 0.05) is 18.7 Å². The lowest BCUT2D eigenvalue weighted by atomic mass is 10.1. The van der Waals surface area contributed by atoms with E-state index < -0.39 is 0 Å². The number of rotatable bonds is 8. The van der Waals surface area contributed by atoms with Gasteiger partial charge in [0.1, 0.15) is 18.1 Å². The minimum atomic E-state index is 0.0521. The smallest absolute Gasteiger partial charge is 0.247 e. The Morgan fingerprint density at radius 3 is 2.37 bits per heavy atom. The Balaban J connectivity index is 1.68. The average Bonchev–Trinajstić information content (AvgIpc) is 3.32. The lowest BCUT2D eigenvalue weighted by Crippen LogP contribution is -2.37. The molecule has 30 heavy (non-hydrogen) atoms. The van der Waals surface area contributed by atoms with Gasteiger partial charge < -0.3 is 14.4 Å². The van der Waals surface area contributed by atoms with Crippen molar-refractivity contribution in [3.63, 3.8) is 0 Å². The van der Waals surface area contributed by atoms with Crippen molar-refractivity contribution in [2.75, 3.05) is 13.7 Å². The third kappa shape index (κ3) is 6.15. The molecule has 2 aromatic rings. The molecule has 0 atom stereocenters. The van der Waals surface area contributed by atoms with Crippen LogP contribution in [0.15, 0.2) is 54.6 Å². The highest BCUT2D eigenvalue weighted by molar-refractivity contribution is 5.92. The van der Waals surface area contributed by atoms with Crippen LogP contribution in [0.2, 0.25) is 0 Å². The third-order valence-electron chi connectivity index (χ3n) is 5.35. The maximum absolute atomic E-state index is 13.0. The number of hydrogen-bond acceptors (Lipinski definition) is 3. The summed E-state index contributed by atoms with van der Waals surface area (Å²) in [6.07, 6.45) is 8.05. The summed E-state index contributed by atoms with van der Waals surface area (Å²) < 4.78 is 10.8. The monoisotopic (exact) mass is 403 g/mol. The van der Waals surface area contributed by atoms with Gasteiger partial charge in [-0.15, -0.1) is 5.92 Å². The Morgan fingerprint density at radius 1 is 1.07 bits per heavy atom. The zero-order chi connectivity index (χ0) is 21.2. The van der Waals surface area contributed by atoms with Crippen LogP contribution in [0, 0.1) is 11.8 Å². The molecule has 0 aromatic heterocycles. The van der Waals surface area contributed by atoms with Crippen molar-refractivity contribution in [1.82, 2.24) is 4.90 Å². The number of carbonyl (C=O) groups excluding carboxylic acids is 1. The molecule has 1 aliphatic rings. The maximum atomic E-state index is 13.0. The topological polar surface area (TPSA) is 38.8 Å². The molecule has 4 nitrogen and oxygen atoms in total. The van der Waals surface area contributed by atoms with Gasteiger partial charge in [0.2, 0.25) is 5.91 Å². The maximum Gasteiger partial charge on any atom is 0.247 e. The van der Waals surface area contributed by atoms with Crippen LogP contribution in [0.1, 0.15) is 43.7 Å². The van der Waals surface area contributed by atoms with E-state index in [1.165, 1.54) is 12.8 Å². The van der Waals surface area contributed by atoms with E-state index in [-0.39, 0.29) is 5.91 Å². The van der Waals surface area contributed by atoms with Gasteiger partial charge in [0.25, 0.3) is 0 Å². The molecule has 1 saturated carbocycles. The Hall–Kier alpha value is -3.19. The van der Waals surface area contributed by atoms with Crippen LogP contribution >= 0.6 is 0 Å². The number of hydrogen-bond donors (Lipinski definition) is 0. The molecule has 156 valence electrons. The minimum absolute atomic E-state index is 0.0521. The van der Waals surface area contributed by atoms with Gasteiger partial charge in [-0.25, -0.2) is 0 Å². The summed E-state index contributed by atoms with van der Waals surface area (Å²) >= 11 is 0. The Kier molecular flexibility index (Phi) is 7.97. The summed E-state index contributed by atoms with van der Waals surface area (Å²) in [4.78, 5) is 15.1. The van der Waals surface area contributed by atoms with Crippen molar-refractivity contribution in [2.24, 2.45) is 0 Å². The molecule has 0 radical (unpaired) electrons. The van der Waals surface area contributed by atoms with Gasteiger partial charge in [0.05, 0.1) is 7.11 Å². The summed E-state index contributed by atoms with van der Waals surface area (Å²) in [5.74, 6) is 7.36. The highest BCUT2D eigenvalue weighted by Crippen LogP contribution is 2.26. The van der Waals surface area contributed by atoms with Gasteiger partial charge >= 0.3 is 0 Å². The molecule has 0 saturated heterocycles. The van der Waals surface area contributed by atoms with Crippen LogP contribution in [0.25, 0.3) is 6.08 Å². The van der Waals surface area contributed by atoms with E-state index in [1.807, 2.05) is 59.5 Å². The minimum Gasteiger partial charge on any atom is -0.497 e. The standard InChI is InChI=1S/C26H29NO3/c1-3-4-19-30-25-16-11-22(12-17-25)20-27(23-7-5-6-8-23)26(28)18-13-21-9-14-24(29-2)15-10-21/h9-18,23H,5-8,19-20H2,1-2H3/b18-13+. The molecule has 1 amide bonds. The van der Waals surface area contributed by atoms with Crippen molar-refractivity contribution in [2.45, 2.75) is 45.2 Å². The molecule has 1 fully saturated rings. The number of benzene rings is 2. The second kappa shape index (κ2) is 11.1. The molecule has 3 rings (SSSR count). The highest BCUT2D eigenvalue weighted by Gasteiger charge is 2.25. The number of nitrogens with zero attached hydrogens (tertiary/aromatic N) is 1. The number of ether oxygens (including phenoxy) is 2. The number of methoxy groups -OCH3 is 1. The fourth-order valence-corrected chi connectivity index (χ4v) is 3.66.